The molecule has 1 atom stereocenters. The molecule has 0 aliphatic carbocycles. The van der Waals surface area contributed by atoms with Crippen LogP contribution in [0.5, 0.6) is 0 Å². The van der Waals surface area contributed by atoms with E-state index in [4.69, 9.17) is 5.73 Å². The Morgan fingerprint density at radius 1 is 1.20 bits per heavy atom. The van der Waals surface area contributed by atoms with Crippen molar-refractivity contribution in [3.8, 4) is 0 Å². The lowest BCUT2D eigenvalue weighted by Crippen LogP contribution is -2.41. The van der Waals surface area contributed by atoms with Crippen molar-refractivity contribution in [3.05, 3.63) is 35.4 Å². The lowest BCUT2D eigenvalue weighted by Gasteiger charge is -2.38. The van der Waals surface area contributed by atoms with Gasteiger partial charge in [0.15, 0.2) is 0 Å². The summed E-state index contributed by atoms with van der Waals surface area (Å²) < 4.78 is 27.9. The summed E-state index contributed by atoms with van der Waals surface area (Å²) in [5.74, 6) is 0.381. The van der Waals surface area contributed by atoms with E-state index in [0.717, 1.165) is 25.9 Å². The summed E-state index contributed by atoms with van der Waals surface area (Å²) in [6.07, 6.45) is 2.15. The van der Waals surface area contributed by atoms with E-state index in [0.29, 0.717) is 11.8 Å². The van der Waals surface area contributed by atoms with Gasteiger partial charge in [0.1, 0.15) is 11.6 Å². The first-order valence-corrected chi connectivity index (χ1v) is 7.42. The van der Waals surface area contributed by atoms with E-state index in [1.54, 1.807) is 0 Å². The third kappa shape index (κ3) is 3.18. The van der Waals surface area contributed by atoms with Crippen LogP contribution in [0, 0.1) is 23.5 Å². The highest BCUT2D eigenvalue weighted by molar-refractivity contribution is 5.24. The van der Waals surface area contributed by atoms with Crippen LogP contribution in [-0.4, -0.2) is 24.5 Å². The first kappa shape index (κ1) is 15.4. The van der Waals surface area contributed by atoms with E-state index in [-0.39, 0.29) is 18.2 Å². The van der Waals surface area contributed by atoms with E-state index in [2.05, 4.69) is 18.7 Å². The fourth-order valence-electron chi connectivity index (χ4n) is 3.18. The molecule has 2 nitrogen and oxygen atoms in total. The maximum absolute atomic E-state index is 13.9. The van der Waals surface area contributed by atoms with Crippen LogP contribution in [0.15, 0.2) is 18.2 Å². The first-order valence-electron chi connectivity index (χ1n) is 7.42. The summed E-state index contributed by atoms with van der Waals surface area (Å²) >= 11 is 0. The molecule has 0 spiro atoms. The van der Waals surface area contributed by atoms with Gasteiger partial charge in [0, 0.05) is 12.1 Å². The van der Waals surface area contributed by atoms with Crippen LogP contribution < -0.4 is 5.73 Å². The van der Waals surface area contributed by atoms with Crippen LogP contribution in [0.3, 0.4) is 0 Å². The third-order valence-corrected chi connectivity index (χ3v) is 4.51. The van der Waals surface area contributed by atoms with Gasteiger partial charge in [0.25, 0.3) is 0 Å². The van der Waals surface area contributed by atoms with E-state index >= 15 is 0 Å². The molecule has 112 valence electrons. The number of nitrogens with zero attached hydrogens (tertiary/aromatic N) is 1. The van der Waals surface area contributed by atoms with Gasteiger partial charge in [-0.05, 0) is 49.9 Å². The molecule has 1 heterocycles. The minimum Gasteiger partial charge on any atom is -0.329 e. The van der Waals surface area contributed by atoms with Crippen LogP contribution in [-0.2, 0) is 0 Å². The quantitative estimate of drug-likeness (QED) is 0.918. The van der Waals surface area contributed by atoms with Crippen molar-refractivity contribution in [1.29, 1.82) is 0 Å². The number of hydrogen-bond donors (Lipinski definition) is 1. The summed E-state index contributed by atoms with van der Waals surface area (Å²) in [5.41, 5.74) is 5.92. The van der Waals surface area contributed by atoms with E-state index in [9.17, 15) is 8.78 Å². The third-order valence-electron chi connectivity index (χ3n) is 4.51. The molecule has 1 unspecified atom stereocenters. The lowest BCUT2D eigenvalue weighted by molar-refractivity contribution is 0.113. The molecule has 20 heavy (non-hydrogen) atoms. The molecule has 2 N–H and O–H groups in total. The second-order valence-electron chi connectivity index (χ2n) is 6.00. The summed E-state index contributed by atoms with van der Waals surface area (Å²) in [4.78, 5) is 2.13. The SMILES string of the molecule is CC(C)C1CCN(C(CN)c2c(F)cccc2F)CC1. The maximum atomic E-state index is 13.9. The smallest absolute Gasteiger partial charge is 0.130 e. The average molecular weight is 282 g/mol. The Balaban J connectivity index is 2.14. The Labute approximate surface area is 120 Å². The molecule has 0 aromatic heterocycles. The molecule has 0 amide bonds. The van der Waals surface area contributed by atoms with Gasteiger partial charge in [-0.15, -0.1) is 0 Å². The number of halogens is 2. The molecule has 1 saturated heterocycles. The van der Waals surface area contributed by atoms with Crippen molar-refractivity contribution in [2.24, 2.45) is 17.6 Å². The standard InChI is InChI=1S/C16H24F2N2/c1-11(2)12-6-8-20(9-7-12)15(10-19)16-13(17)4-3-5-14(16)18/h3-5,11-12,15H,6-10,19H2,1-2H3. The Morgan fingerprint density at radius 3 is 2.20 bits per heavy atom. The van der Waals surface area contributed by atoms with Gasteiger partial charge < -0.3 is 5.73 Å². The topological polar surface area (TPSA) is 29.3 Å². The molecule has 1 aromatic rings. The van der Waals surface area contributed by atoms with E-state index in [1.807, 2.05) is 0 Å². The highest BCUT2D eigenvalue weighted by atomic mass is 19.1. The van der Waals surface area contributed by atoms with Crippen molar-refractivity contribution in [2.75, 3.05) is 19.6 Å². The Hall–Kier alpha value is -1.00. The summed E-state index contributed by atoms with van der Waals surface area (Å²) in [5, 5.41) is 0. The molecule has 2 rings (SSSR count). The lowest BCUT2D eigenvalue weighted by atomic mass is 9.86. The average Bonchev–Trinajstić information content (AvgIpc) is 2.43. The summed E-state index contributed by atoms with van der Waals surface area (Å²) in [7, 11) is 0. The first-order chi connectivity index (χ1) is 9.54. The molecule has 0 bridgehead atoms. The second kappa shape index (κ2) is 6.64. The normalized spacial score (nSPS) is 19.5. The van der Waals surface area contributed by atoms with Gasteiger partial charge in [-0.25, -0.2) is 8.78 Å². The van der Waals surface area contributed by atoms with E-state index < -0.39 is 11.6 Å². The molecule has 0 saturated carbocycles. The molecular weight excluding hydrogens is 258 g/mol. The molecule has 1 fully saturated rings. The molecular formula is C16H24F2N2. The summed E-state index contributed by atoms with van der Waals surface area (Å²) in [6, 6.07) is 3.65. The number of nitrogens with two attached hydrogens (primary N) is 1. The molecule has 0 radical (unpaired) electrons. The molecule has 1 aliphatic heterocycles. The predicted octanol–water partition coefficient (Wildman–Crippen LogP) is 3.33. The number of rotatable bonds is 4. The highest BCUT2D eigenvalue weighted by Gasteiger charge is 2.29. The fraction of sp³-hybridized carbons (Fsp3) is 0.625. The number of piperidine rings is 1. The molecule has 4 heteroatoms. The minimum absolute atomic E-state index is 0.123. The zero-order valence-electron chi connectivity index (χ0n) is 12.3. The highest BCUT2D eigenvalue weighted by Crippen LogP contribution is 2.31. The predicted molar refractivity (Wildman–Crippen MR) is 77.3 cm³/mol. The van der Waals surface area contributed by atoms with Gasteiger partial charge in [0.2, 0.25) is 0 Å². The zero-order valence-corrected chi connectivity index (χ0v) is 12.3. The Morgan fingerprint density at radius 2 is 1.75 bits per heavy atom. The zero-order chi connectivity index (χ0) is 14.7. The van der Waals surface area contributed by atoms with Crippen molar-refractivity contribution in [3.63, 3.8) is 0 Å². The molecule has 1 aromatic carbocycles. The van der Waals surface area contributed by atoms with E-state index in [1.165, 1.54) is 18.2 Å². The van der Waals surface area contributed by atoms with Crippen molar-refractivity contribution in [2.45, 2.75) is 32.7 Å². The van der Waals surface area contributed by atoms with Crippen LogP contribution in [0.4, 0.5) is 8.78 Å². The van der Waals surface area contributed by atoms with Crippen LogP contribution in [0.1, 0.15) is 38.3 Å². The largest absolute Gasteiger partial charge is 0.329 e. The monoisotopic (exact) mass is 282 g/mol. The van der Waals surface area contributed by atoms with Gasteiger partial charge in [-0.1, -0.05) is 19.9 Å². The van der Waals surface area contributed by atoms with Crippen LogP contribution in [0.2, 0.25) is 0 Å². The van der Waals surface area contributed by atoms with Crippen LogP contribution >= 0.6 is 0 Å². The number of hydrogen-bond acceptors (Lipinski definition) is 2. The number of likely N-dealkylation sites (tertiary alicyclic amines) is 1. The van der Waals surface area contributed by atoms with Crippen LogP contribution in [0.25, 0.3) is 0 Å². The molecule has 1 aliphatic rings. The van der Waals surface area contributed by atoms with Gasteiger partial charge >= 0.3 is 0 Å². The Kier molecular flexibility index (Phi) is 5.11. The fourth-order valence-corrected chi connectivity index (χ4v) is 3.18. The van der Waals surface area contributed by atoms with Crippen molar-refractivity contribution < 1.29 is 8.78 Å². The second-order valence-corrected chi connectivity index (χ2v) is 6.00. The number of benzene rings is 1. The Bertz CT molecular complexity index is 420. The van der Waals surface area contributed by atoms with Crippen molar-refractivity contribution >= 4 is 0 Å². The van der Waals surface area contributed by atoms with Gasteiger partial charge in [-0.2, -0.15) is 0 Å². The van der Waals surface area contributed by atoms with Crippen molar-refractivity contribution in [1.82, 2.24) is 4.90 Å². The van der Waals surface area contributed by atoms with Gasteiger partial charge in [0.05, 0.1) is 6.04 Å². The maximum Gasteiger partial charge on any atom is 0.130 e. The van der Waals surface area contributed by atoms with Gasteiger partial charge in [-0.3, -0.25) is 4.90 Å². The summed E-state index contributed by atoms with van der Waals surface area (Å²) in [6.45, 7) is 6.43. The minimum atomic E-state index is -0.494.